The second kappa shape index (κ2) is 7.57. The van der Waals surface area contributed by atoms with Gasteiger partial charge in [0.15, 0.2) is 0 Å². The SMILES string of the molecule is CC(CCN)CCCN1CCSC(C)C1C. The van der Waals surface area contributed by atoms with Gasteiger partial charge in [-0.1, -0.05) is 13.8 Å². The molecule has 0 bridgehead atoms. The van der Waals surface area contributed by atoms with Gasteiger partial charge in [-0.15, -0.1) is 0 Å². The monoisotopic (exact) mass is 244 g/mol. The third-order valence-electron chi connectivity index (χ3n) is 3.82. The molecule has 96 valence electrons. The average Bonchev–Trinajstić information content (AvgIpc) is 2.25. The molecule has 1 aliphatic rings. The predicted molar refractivity (Wildman–Crippen MR) is 75.0 cm³/mol. The molecule has 0 aromatic rings. The summed E-state index contributed by atoms with van der Waals surface area (Å²) in [7, 11) is 0. The first-order valence-electron chi connectivity index (χ1n) is 6.71. The van der Waals surface area contributed by atoms with Gasteiger partial charge in [0, 0.05) is 23.6 Å². The predicted octanol–water partition coefficient (Wildman–Crippen LogP) is 2.58. The van der Waals surface area contributed by atoms with E-state index in [0.717, 1.165) is 23.8 Å². The van der Waals surface area contributed by atoms with E-state index in [-0.39, 0.29) is 0 Å². The van der Waals surface area contributed by atoms with E-state index >= 15 is 0 Å². The molecule has 1 fully saturated rings. The normalized spacial score (nSPS) is 29.2. The lowest BCUT2D eigenvalue weighted by molar-refractivity contribution is 0.205. The Bertz CT molecular complexity index is 187. The van der Waals surface area contributed by atoms with E-state index in [4.69, 9.17) is 5.73 Å². The maximum atomic E-state index is 5.57. The lowest BCUT2D eigenvalue weighted by atomic mass is 10.0. The van der Waals surface area contributed by atoms with Crippen LogP contribution >= 0.6 is 11.8 Å². The van der Waals surface area contributed by atoms with Crippen molar-refractivity contribution < 1.29 is 0 Å². The van der Waals surface area contributed by atoms with E-state index < -0.39 is 0 Å². The molecule has 0 radical (unpaired) electrons. The van der Waals surface area contributed by atoms with Crippen LogP contribution in [0.5, 0.6) is 0 Å². The highest BCUT2D eigenvalue weighted by atomic mass is 32.2. The molecule has 0 aromatic carbocycles. The Balaban J connectivity index is 2.16. The van der Waals surface area contributed by atoms with Crippen molar-refractivity contribution in [2.45, 2.75) is 51.3 Å². The molecule has 2 N–H and O–H groups in total. The van der Waals surface area contributed by atoms with Gasteiger partial charge in [0.25, 0.3) is 0 Å². The molecular weight excluding hydrogens is 216 g/mol. The van der Waals surface area contributed by atoms with Crippen LogP contribution in [0.3, 0.4) is 0 Å². The van der Waals surface area contributed by atoms with Crippen molar-refractivity contribution >= 4 is 11.8 Å². The fourth-order valence-electron chi connectivity index (χ4n) is 2.38. The minimum atomic E-state index is 0.753. The Morgan fingerprint density at radius 1 is 1.38 bits per heavy atom. The van der Waals surface area contributed by atoms with Gasteiger partial charge in [0.1, 0.15) is 0 Å². The van der Waals surface area contributed by atoms with Crippen molar-refractivity contribution in [2.75, 3.05) is 25.4 Å². The van der Waals surface area contributed by atoms with Gasteiger partial charge in [0.05, 0.1) is 0 Å². The van der Waals surface area contributed by atoms with Crippen molar-refractivity contribution in [2.24, 2.45) is 11.7 Å². The molecule has 2 nitrogen and oxygen atoms in total. The van der Waals surface area contributed by atoms with Crippen LogP contribution in [0, 0.1) is 5.92 Å². The van der Waals surface area contributed by atoms with Gasteiger partial charge >= 0.3 is 0 Å². The summed E-state index contributed by atoms with van der Waals surface area (Å²) in [4.78, 5) is 2.66. The van der Waals surface area contributed by atoms with Gasteiger partial charge in [0.2, 0.25) is 0 Å². The highest BCUT2D eigenvalue weighted by molar-refractivity contribution is 8.00. The van der Waals surface area contributed by atoms with Gasteiger partial charge in [-0.25, -0.2) is 0 Å². The van der Waals surface area contributed by atoms with E-state index in [9.17, 15) is 0 Å². The Labute approximate surface area is 105 Å². The molecule has 1 saturated heterocycles. The molecule has 3 heteroatoms. The fraction of sp³-hybridized carbons (Fsp3) is 1.00. The molecular formula is C13H28N2S. The highest BCUT2D eigenvalue weighted by Crippen LogP contribution is 2.24. The zero-order valence-corrected chi connectivity index (χ0v) is 11.9. The van der Waals surface area contributed by atoms with E-state index in [0.29, 0.717) is 0 Å². The second-order valence-corrected chi connectivity index (χ2v) is 6.66. The average molecular weight is 244 g/mol. The minimum absolute atomic E-state index is 0.753. The first-order valence-corrected chi connectivity index (χ1v) is 7.75. The first kappa shape index (κ1) is 14.3. The number of thioether (sulfide) groups is 1. The van der Waals surface area contributed by atoms with Crippen LogP contribution in [0.25, 0.3) is 0 Å². The van der Waals surface area contributed by atoms with Crippen molar-refractivity contribution in [1.82, 2.24) is 4.90 Å². The molecule has 16 heavy (non-hydrogen) atoms. The quantitative estimate of drug-likeness (QED) is 0.779. The maximum absolute atomic E-state index is 5.57. The summed E-state index contributed by atoms with van der Waals surface area (Å²) in [6.07, 6.45) is 3.85. The Morgan fingerprint density at radius 2 is 2.12 bits per heavy atom. The van der Waals surface area contributed by atoms with Crippen LogP contribution in [0.4, 0.5) is 0 Å². The lowest BCUT2D eigenvalue weighted by Crippen LogP contribution is -2.44. The summed E-state index contributed by atoms with van der Waals surface area (Å²) in [6, 6.07) is 0.753. The van der Waals surface area contributed by atoms with Crippen LogP contribution in [-0.4, -0.2) is 41.6 Å². The van der Waals surface area contributed by atoms with Crippen LogP contribution in [0.2, 0.25) is 0 Å². The number of hydrogen-bond donors (Lipinski definition) is 1. The first-order chi connectivity index (χ1) is 7.65. The molecule has 0 aromatic heterocycles. The molecule has 3 atom stereocenters. The van der Waals surface area contributed by atoms with Crippen molar-refractivity contribution in [3.63, 3.8) is 0 Å². The smallest absolute Gasteiger partial charge is 0.0184 e. The van der Waals surface area contributed by atoms with Crippen molar-refractivity contribution in [3.8, 4) is 0 Å². The Morgan fingerprint density at radius 3 is 2.81 bits per heavy atom. The summed E-state index contributed by atoms with van der Waals surface area (Å²) in [5.41, 5.74) is 5.57. The van der Waals surface area contributed by atoms with Gasteiger partial charge < -0.3 is 5.73 Å². The molecule has 0 amide bonds. The summed E-state index contributed by atoms with van der Waals surface area (Å²) >= 11 is 2.12. The third kappa shape index (κ3) is 4.64. The summed E-state index contributed by atoms with van der Waals surface area (Å²) < 4.78 is 0. The summed E-state index contributed by atoms with van der Waals surface area (Å²) in [5, 5.41) is 0.801. The van der Waals surface area contributed by atoms with E-state index in [1.165, 1.54) is 38.1 Å². The Hall–Kier alpha value is 0.270. The third-order valence-corrected chi connectivity index (χ3v) is 5.15. The topological polar surface area (TPSA) is 29.3 Å². The number of hydrogen-bond acceptors (Lipinski definition) is 3. The zero-order valence-electron chi connectivity index (χ0n) is 11.1. The minimum Gasteiger partial charge on any atom is -0.330 e. The number of rotatable bonds is 6. The molecule has 0 spiro atoms. The van der Waals surface area contributed by atoms with Crippen LogP contribution in [0.15, 0.2) is 0 Å². The molecule has 0 saturated carbocycles. The van der Waals surface area contributed by atoms with Crippen LogP contribution in [-0.2, 0) is 0 Å². The van der Waals surface area contributed by atoms with E-state index in [2.05, 4.69) is 37.4 Å². The standard InChI is InChI=1S/C13H28N2S/c1-11(6-7-14)5-4-8-15-9-10-16-13(3)12(15)2/h11-13H,4-10,14H2,1-3H3. The van der Waals surface area contributed by atoms with E-state index in [1.54, 1.807) is 0 Å². The lowest BCUT2D eigenvalue weighted by Gasteiger charge is -2.37. The van der Waals surface area contributed by atoms with Crippen LogP contribution in [0.1, 0.15) is 40.0 Å². The maximum Gasteiger partial charge on any atom is 0.0184 e. The van der Waals surface area contributed by atoms with Crippen molar-refractivity contribution in [3.05, 3.63) is 0 Å². The summed E-state index contributed by atoms with van der Waals surface area (Å²) in [6.45, 7) is 10.5. The second-order valence-electron chi connectivity index (χ2n) is 5.18. The van der Waals surface area contributed by atoms with Gasteiger partial charge in [-0.3, -0.25) is 4.90 Å². The summed E-state index contributed by atoms with van der Waals surface area (Å²) in [5.74, 6) is 2.11. The fourth-order valence-corrected chi connectivity index (χ4v) is 3.55. The highest BCUT2D eigenvalue weighted by Gasteiger charge is 2.24. The molecule has 1 heterocycles. The van der Waals surface area contributed by atoms with Crippen LogP contribution < -0.4 is 5.73 Å². The molecule has 1 aliphatic heterocycles. The van der Waals surface area contributed by atoms with E-state index in [1.807, 2.05) is 0 Å². The largest absolute Gasteiger partial charge is 0.330 e. The van der Waals surface area contributed by atoms with Gasteiger partial charge in [-0.2, -0.15) is 11.8 Å². The van der Waals surface area contributed by atoms with Gasteiger partial charge in [-0.05, 0) is 45.2 Å². The molecule has 3 unspecified atom stereocenters. The Kier molecular flexibility index (Phi) is 6.78. The van der Waals surface area contributed by atoms with Crippen molar-refractivity contribution in [1.29, 1.82) is 0 Å². The zero-order chi connectivity index (χ0) is 12.0. The number of nitrogens with zero attached hydrogens (tertiary/aromatic N) is 1. The number of nitrogens with two attached hydrogens (primary N) is 1. The molecule has 0 aliphatic carbocycles. The molecule has 1 rings (SSSR count).